The van der Waals surface area contributed by atoms with Gasteiger partial charge in [0.2, 0.25) is 0 Å². The van der Waals surface area contributed by atoms with Crippen molar-refractivity contribution in [3.05, 3.63) is 33.1 Å². The van der Waals surface area contributed by atoms with Crippen LogP contribution in [0, 0.1) is 5.92 Å². The van der Waals surface area contributed by atoms with Gasteiger partial charge in [-0.1, -0.05) is 13.8 Å². The number of hydrogen-bond acceptors (Lipinski definition) is 8. The fourth-order valence-electron chi connectivity index (χ4n) is 2.35. The quantitative estimate of drug-likeness (QED) is 0.326. The van der Waals surface area contributed by atoms with Gasteiger partial charge < -0.3 is 30.9 Å². The van der Waals surface area contributed by atoms with Crippen LogP contribution in [0.2, 0.25) is 0 Å². The van der Waals surface area contributed by atoms with Crippen molar-refractivity contribution in [3.8, 4) is 0 Å². The van der Waals surface area contributed by atoms with Gasteiger partial charge in [0, 0.05) is 12.3 Å². The number of aromatic amines is 1. The molecular formula is C15H25N3O8. The minimum atomic E-state index is -1.35. The molecule has 148 valence electrons. The molecule has 1 aliphatic heterocycles. The van der Waals surface area contributed by atoms with Crippen LogP contribution in [0.15, 0.2) is 21.9 Å². The number of carboxylic acid groups (broad SMARTS) is 1. The van der Waals surface area contributed by atoms with Gasteiger partial charge in [0.1, 0.15) is 24.4 Å². The maximum absolute atomic E-state index is 11.4. The number of ether oxygens (including phenoxy) is 1. The van der Waals surface area contributed by atoms with Crippen molar-refractivity contribution < 1.29 is 30.0 Å². The number of aromatic nitrogens is 2. The highest BCUT2D eigenvalue weighted by molar-refractivity contribution is 5.72. The number of hydrogen-bond donors (Lipinski definition) is 6. The lowest BCUT2D eigenvalue weighted by molar-refractivity contribution is -0.138. The SMILES string of the molecule is CC(C)CC(N)C(=O)O.O=c1ccn([C@@H]2O[C@H](CO)[C@@H](O)[C@H]2O)c(=O)[nH]1. The van der Waals surface area contributed by atoms with E-state index in [0.29, 0.717) is 12.3 Å². The van der Waals surface area contributed by atoms with E-state index in [1.807, 2.05) is 18.8 Å². The highest BCUT2D eigenvalue weighted by atomic mass is 16.6. The predicted octanol–water partition coefficient (Wildman–Crippen LogP) is -2.41. The standard InChI is InChI=1S/C9H12N2O6.C6H13NO2/c12-3-4-6(14)7(15)8(17-4)11-2-1-5(13)10-9(11)16;1-4(2)3-5(7)6(8)9/h1-2,4,6-8,12,14-15H,3H2,(H,10,13,16);4-5H,3,7H2,1-2H3,(H,8,9)/t4-,6-,7-,8-;/m1./s1. The molecule has 0 spiro atoms. The fourth-order valence-corrected chi connectivity index (χ4v) is 2.35. The highest BCUT2D eigenvalue weighted by Gasteiger charge is 2.43. The lowest BCUT2D eigenvalue weighted by Crippen LogP contribution is -2.37. The van der Waals surface area contributed by atoms with Crippen molar-refractivity contribution in [3.63, 3.8) is 0 Å². The molecule has 11 nitrogen and oxygen atoms in total. The van der Waals surface area contributed by atoms with Crippen LogP contribution in [0.25, 0.3) is 0 Å². The van der Waals surface area contributed by atoms with Gasteiger partial charge >= 0.3 is 11.7 Å². The predicted molar refractivity (Wildman–Crippen MR) is 89.4 cm³/mol. The summed E-state index contributed by atoms with van der Waals surface area (Å²) in [5.74, 6) is -0.556. The maximum atomic E-state index is 11.4. The largest absolute Gasteiger partial charge is 0.480 e. The third-order valence-electron chi connectivity index (χ3n) is 3.69. The molecule has 0 amide bonds. The summed E-state index contributed by atoms with van der Waals surface area (Å²) in [6.07, 6.45) is -3.03. The molecule has 1 aromatic heterocycles. The molecule has 1 saturated heterocycles. The summed E-state index contributed by atoms with van der Waals surface area (Å²) < 4.78 is 6.08. The van der Waals surface area contributed by atoms with Gasteiger partial charge in [0.25, 0.3) is 5.56 Å². The van der Waals surface area contributed by atoms with Crippen LogP contribution in [0.5, 0.6) is 0 Å². The summed E-state index contributed by atoms with van der Waals surface area (Å²) >= 11 is 0. The second-order valence-corrected chi connectivity index (χ2v) is 6.32. The van der Waals surface area contributed by atoms with Crippen LogP contribution in [0.4, 0.5) is 0 Å². The van der Waals surface area contributed by atoms with E-state index in [1.165, 1.54) is 0 Å². The number of H-pyrrole nitrogens is 1. The van der Waals surface area contributed by atoms with Gasteiger partial charge in [0.15, 0.2) is 6.23 Å². The molecule has 7 N–H and O–H groups in total. The number of aliphatic carboxylic acids is 1. The molecule has 1 aliphatic rings. The molecule has 1 aromatic rings. The molecule has 26 heavy (non-hydrogen) atoms. The van der Waals surface area contributed by atoms with Crippen molar-refractivity contribution in [1.29, 1.82) is 0 Å². The van der Waals surface area contributed by atoms with Crippen LogP contribution >= 0.6 is 0 Å². The van der Waals surface area contributed by atoms with Crippen molar-refractivity contribution in [2.45, 2.75) is 50.8 Å². The van der Waals surface area contributed by atoms with Crippen molar-refractivity contribution in [1.82, 2.24) is 9.55 Å². The Kier molecular flexibility index (Phi) is 8.11. The second kappa shape index (κ2) is 9.59. The zero-order valence-electron chi connectivity index (χ0n) is 14.5. The van der Waals surface area contributed by atoms with Crippen LogP contribution < -0.4 is 17.0 Å². The molecule has 0 aliphatic carbocycles. The van der Waals surface area contributed by atoms with E-state index in [4.69, 9.17) is 20.7 Å². The van der Waals surface area contributed by atoms with Gasteiger partial charge in [-0.05, 0) is 12.3 Å². The summed E-state index contributed by atoms with van der Waals surface area (Å²) in [5.41, 5.74) is 3.89. The zero-order valence-corrected chi connectivity index (χ0v) is 14.5. The number of nitrogens with zero attached hydrogens (tertiary/aromatic N) is 1. The Bertz CT molecular complexity index is 701. The third-order valence-corrected chi connectivity index (χ3v) is 3.69. The van der Waals surface area contributed by atoms with Crippen molar-refractivity contribution in [2.75, 3.05) is 6.61 Å². The first-order valence-electron chi connectivity index (χ1n) is 8.00. The number of rotatable bonds is 5. The molecule has 5 atom stereocenters. The summed E-state index contributed by atoms with van der Waals surface area (Å²) in [6.45, 7) is 3.42. The number of aliphatic hydroxyl groups excluding tert-OH is 3. The van der Waals surface area contributed by atoms with E-state index in [9.17, 15) is 24.6 Å². The molecule has 2 rings (SSSR count). The Hall–Kier alpha value is -2.05. The Labute approximate surface area is 148 Å². The second-order valence-electron chi connectivity index (χ2n) is 6.32. The summed E-state index contributed by atoms with van der Waals surface area (Å²) in [4.78, 5) is 34.4. The van der Waals surface area contributed by atoms with E-state index in [-0.39, 0.29) is 0 Å². The topological polar surface area (TPSA) is 188 Å². The lowest BCUT2D eigenvalue weighted by atomic mass is 10.1. The average Bonchev–Trinajstić information content (AvgIpc) is 2.83. The van der Waals surface area contributed by atoms with Gasteiger partial charge in [-0.25, -0.2) is 4.79 Å². The molecule has 11 heteroatoms. The molecule has 1 unspecified atom stereocenters. The minimum absolute atomic E-state index is 0.357. The number of carbonyl (C=O) groups is 1. The molecule has 0 radical (unpaired) electrons. The fraction of sp³-hybridized carbons (Fsp3) is 0.667. The smallest absolute Gasteiger partial charge is 0.330 e. The maximum Gasteiger partial charge on any atom is 0.330 e. The monoisotopic (exact) mass is 375 g/mol. The third kappa shape index (κ3) is 5.75. The number of carboxylic acids is 1. The van der Waals surface area contributed by atoms with Crippen LogP contribution in [-0.4, -0.2) is 66.9 Å². The molecule has 0 aromatic carbocycles. The highest BCUT2D eigenvalue weighted by Crippen LogP contribution is 2.27. The first kappa shape index (κ1) is 22.0. The Morgan fingerprint density at radius 1 is 1.35 bits per heavy atom. The number of nitrogens with two attached hydrogens (primary N) is 1. The van der Waals surface area contributed by atoms with E-state index in [1.54, 1.807) is 0 Å². The van der Waals surface area contributed by atoms with Crippen LogP contribution in [-0.2, 0) is 9.53 Å². The summed E-state index contributed by atoms with van der Waals surface area (Å²) in [6, 6.07) is 0.404. The average molecular weight is 375 g/mol. The van der Waals surface area contributed by atoms with Crippen molar-refractivity contribution in [2.24, 2.45) is 11.7 Å². The van der Waals surface area contributed by atoms with Gasteiger partial charge in [-0.2, -0.15) is 0 Å². The first-order chi connectivity index (χ1) is 12.1. The van der Waals surface area contributed by atoms with Gasteiger partial charge in [-0.3, -0.25) is 19.1 Å². The van der Waals surface area contributed by atoms with Crippen molar-refractivity contribution >= 4 is 5.97 Å². The Morgan fingerprint density at radius 3 is 2.35 bits per heavy atom. The number of nitrogens with one attached hydrogen (secondary N) is 1. The molecule has 2 heterocycles. The first-order valence-corrected chi connectivity index (χ1v) is 8.00. The zero-order chi connectivity index (χ0) is 20.0. The van der Waals surface area contributed by atoms with E-state index < -0.39 is 54.4 Å². The van der Waals surface area contributed by atoms with Crippen LogP contribution in [0.3, 0.4) is 0 Å². The molecular weight excluding hydrogens is 350 g/mol. The molecule has 1 fully saturated rings. The van der Waals surface area contributed by atoms with Gasteiger partial charge in [-0.15, -0.1) is 0 Å². The Morgan fingerprint density at radius 2 is 1.96 bits per heavy atom. The van der Waals surface area contributed by atoms with E-state index in [2.05, 4.69) is 0 Å². The lowest BCUT2D eigenvalue weighted by Gasteiger charge is -2.16. The molecule has 0 saturated carbocycles. The van der Waals surface area contributed by atoms with Gasteiger partial charge in [0.05, 0.1) is 6.61 Å². The summed E-state index contributed by atoms with van der Waals surface area (Å²) in [5, 5.41) is 36.4. The Balaban J connectivity index is 0.000000321. The normalized spacial score (nSPS) is 26.3. The minimum Gasteiger partial charge on any atom is -0.480 e. The van der Waals surface area contributed by atoms with Crippen LogP contribution in [0.1, 0.15) is 26.5 Å². The number of aliphatic hydroxyl groups is 3. The van der Waals surface area contributed by atoms with E-state index >= 15 is 0 Å². The molecule has 0 bridgehead atoms. The van der Waals surface area contributed by atoms with E-state index in [0.717, 1.165) is 16.8 Å². The summed E-state index contributed by atoms with van der Waals surface area (Å²) in [7, 11) is 0.